The van der Waals surface area contributed by atoms with Crippen molar-refractivity contribution < 1.29 is 31.1 Å². The lowest BCUT2D eigenvalue weighted by molar-refractivity contribution is -0.146. The number of carbonyl (C=O) groups is 1. The summed E-state index contributed by atoms with van der Waals surface area (Å²) in [7, 11) is 0. The maximum absolute atomic E-state index is 13.2. The van der Waals surface area contributed by atoms with Crippen LogP contribution in [0.25, 0.3) is 0 Å². The van der Waals surface area contributed by atoms with Gasteiger partial charge in [0.2, 0.25) is 0 Å². The predicted molar refractivity (Wildman–Crippen MR) is 111 cm³/mol. The first-order chi connectivity index (χ1) is 16.7. The van der Waals surface area contributed by atoms with Crippen LogP contribution in [0.15, 0.2) is 12.4 Å². The van der Waals surface area contributed by atoms with Crippen molar-refractivity contribution in [3.05, 3.63) is 29.6 Å². The fourth-order valence-corrected chi connectivity index (χ4v) is 6.67. The first kappa shape index (κ1) is 23.6. The molecule has 0 atom stereocenters. The summed E-state index contributed by atoms with van der Waals surface area (Å²) in [4.78, 5) is 19.7. The van der Waals surface area contributed by atoms with Crippen LogP contribution in [0.2, 0.25) is 0 Å². The minimum atomic E-state index is -4.56. The van der Waals surface area contributed by atoms with E-state index in [0.717, 1.165) is 29.9 Å². The number of amides is 2. The van der Waals surface area contributed by atoms with E-state index in [0.29, 0.717) is 44.7 Å². The van der Waals surface area contributed by atoms with E-state index >= 15 is 0 Å². The zero-order chi connectivity index (χ0) is 25.7. The van der Waals surface area contributed by atoms with Crippen LogP contribution in [0.1, 0.15) is 48.9 Å². The number of aryl methyl sites for hydroxylation is 1. The summed E-state index contributed by atoms with van der Waals surface area (Å²) in [5, 5.41) is 7.55. The second-order valence-corrected chi connectivity index (χ2v) is 11.2. The number of alkyl halides is 6. The van der Waals surface area contributed by atoms with Crippen LogP contribution in [0, 0.1) is 23.7 Å². The summed E-state index contributed by atoms with van der Waals surface area (Å²) in [6, 6.07) is 0.885. The van der Waals surface area contributed by atoms with Gasteiger partial charge in [-0.2, -0.15) is 31.4 Å². The van der Waals surface area contributed by atoms with Crippen molar-refractivity contribution in [2.24, 2.45) is 16.7 Å². The SMILES string of the molecule is Cc1cc(C(F)(F)F)n(CC2CC3(C2)CN(C(=O)N2CC4(CC(n5cnc(C(F)(F)F)n5)C4)C2)C3)n1. The number of hydrogen-bond acceptors (Lipinski definition) is 4. The average molecular weight is 517 g/mol. The summed E-state index contributed by atoms with van der Waals surface area (Å²) in [5.41, 5.74) is -0.448. The van der Waals surface area contributed by atoms with Crippen LogP contribution in [0.5, 0.6) is 0 Å². The molecule has 2 aromatic heterocycles. The third-order valence-corrected chi connectivity index (χ3v) is 8.19. The molecule has 2 amide bonds. The lowest BCUT2D eigenvalue weighted by Gasteiger charge is -2.63. The zero-order valence-corrected chi connectivity index (χ0v) is 19.5. The Bertz CT molecular complexity index is 1170. The summed E-state index contributed by atoms with van der Waals surface area (Å²) in [6.45, 7) is 4.15. The highest BCUT2D eigenvalue weighted by molar-refractivity contribution is 5.77. The van der Waals surface area contributed by atoms with Gasteiger partial charge < -0.3 is 9.80 Å². The summed E-state index contributed by atoms with van der Waals surface area (Å²) < 4.78 is 80.0. The topological polar surface area (TPSA) is 72.1 Å². The number of halogens is 6. The lowest BCUT2D eigenvalue weighted by atomic mass is 9.57. The molecular weight excluding hydrogens is 492 g/mol. The van der Waals surface area contributed by atoms with Crippen molar-refractivity contribution in [1.29, 1.82) is 0 Å². The van der Waals surface area contributed by atoms with E-state index in [1.807, 2.05) is 0 Å². The normalized spacial score (nSPS) is 23.4. The fraction of sp³-hybridized carbons (Fsp3) is 0.727. The van der Waals surface area contributed by atoms with Gasteiger partial charge in [0, 0.05) is 43.6 Å². The van der Waals surface area contributed by atoms with Gasteiger partial charge in [-0.05, 0) is 44.6 Å². The second-order valence-electron chi connectivity index (χ2n) is 11.2. The molecule has 6 rings (SSSR count). The highest BCUT2D eigenvalue weighted by Gasteiger charge is 2.59. The molecule has 0 bridgehead atoms. The van der Waals surface area contributed by atoms with E-state index in [-0.39, 0.29) is 35.4 Å². The summed E-state index contributed by atoms with van der Waals surface area (Å²) in [5.74, 6) is -1.03. The Morgan fingerprint density at radius 1 is 0.944 bits per heavy atom. The molecule has 2 saturated carbocycles. The molecule has 0 radical (unpaired) electrons. The molecule has 2 aliphatic heterocycles. The Morgan fingerprint density at radius 2 is 1.53 bits per heavy atom. The van der Waals surface area contributed by atoms with Gasteiger partial charge in [-0.25, -0.2) is 14.5 Å². The number of aromatic nitrogens is 5. The van der Waals surface area contributed by atoms with E-state index in [1.54, 1.807) is 16.7 Å². The summed E-state index contributed by atoms with van der Waals surface area (Å²) in [6.07, 6.45) is -5.01. The highest BCUT2D eigenvalue weighted by Crippen LogP contribution is 2.56. The van der Waals surface area contributed by atoms with Crippen molar-refractivity contribution in [1.82, 2.24) is 34.3 Å². The fourth-order valence-electron chi connectivity index (χ4n) is 6.67. The summed E-state index contributed by atoms with van der Waals surface area (Å²) >= 11 is 0. The van der Waals surface area contributed by atoms with Gasteiger partial charge >= 0.3 is 18.4 Å². The molecule has 0 N–H and O–H groups in total. The second kappa shape index (κ2) is 7.37. The first-order valence-corrected chi connectivity index (χ1v) is 11.9. The maximum atomic E-state index is 13.2. The van der Waals surface area contributed by atoms with Crippen LogP contribution in [0.3, 0.4) is 0 Å². The molecule has 14 heteroatoms. The van der Waals surface area contributed by atoms with Crippen LogP contribution >= 0.6 is 0 Å². The molecule has 196 valence electrons. The Morgan fingerprint density at radius 3 is 2.06 bits per heavy atom. The van der Waals surface area contributed by atoms with Crippen LogP contribution in [-0.2, 0) is 18.9 Å². The molecule has 4 heterocycles. The average Bonchev–Trinajstić information content (AvgIpc) is 3.26. The quantitative estimate of drug-likeness (QED) is 0.578. The minimum Gasteiger partial charge on any atom is -0.323 e. The highest BCUT2D eigenvalue weighted by atomic mass is 19.4. The predicted octanol–water partition coefficient (Wildman–Crippen LogP) is 3.99. The molecule has 8 nitrogen and oxygen atoms in total. The van der Waals surface area contributed by atoms with Gasteiger partial charge in [-0.3, -0.25) is 4.68 Å². The number of hydrogen-bond donors (Lipinski definition) is 0. The minimum absolute atomic E-state index is 0.00563. The van der Waals surface area contributed by atoms with Crippen LogP contribution in [0.4, 0.5) is 31.1 Å². The molecule has 4 aliphatic rings. The zero-order valence-electron chi connectivity index (χ0n) is 19.5. The molecular formula is C22H25F6N7O. The molecule has 2 spiro atoms. The Labute approximate surface area is 202 Å². The van der Waals surface area contributed by atoms with E-state index in [1.165, 1.54) is 4.68 Å². The van der Waals surface area contributed by atoms with Crippen molar-refractivity contribution in [3.8, 4) is 0 Å². The van der Waals surface area contributed by atoms with Crippen molar-refractivity contribution in [2.75, 3.05) is 26.2 Å². The number of urea groups is 1. The molecule has 2 aliphatic carbocycles. The largest absolute Gasteiger partial charge is 0.453 e. The third-order valence-electron chi connectivity index (χ3n) is 8.19. The van der Waals surface area contributed by atoms with Gasteiger partial charge in [-0.15, -0.1) is 5.10 Å². The monoisotopic (exact) mass is 517 g/mol. The Hall–Kier alpha value is -2.80. The van der Waals surface area contributed by atoms with Crippen molar-refractivity contribution in [3.63, 3.8) is 0 Å². The van der Waals surface area contributed by atoms with E-state index in [2.05, 4.69) is 15.2 Å². The number of nitrogens with zero attached hydrogens (tertiary/aromatic N) is 7. The molecule has 36 heavy (non-hydrogen) atoms. The first-order valence-electron chi connectivity index (χ1n) is 11.9. The van der Waals surface area contributed by atoms with Crippen molar-refractivity contribution in [2.45, 2.75) is 57.5 Å². The van der Waals surface area contributed by atoms with Gasteiger partial charge in [0.15, 0.2) is 0 Å². The van der Waals surface area contributed by atoms with E-state index in [4.69, 9.17) is 0 Å². The number of likely N-dealkylation sites (tertiary alicyclic amines) is 2. The third kappa shape index (κ3) is 3.83. The van der Waals surface area contributed by atoms with E-state index in [9.17, 15) is 31.1 Å². The maximum Gasteiger partial charge on any atom is 0.453 e. The van der Waals surface area contributed by atoms with Crippen LogP contribution in [-0.4, -0.2) is 66.6 Å². The number of carbonyl (C=O) groups excluding carboxylic acids is 1. The lowest BCUT2D eigenvalue weighted by Crippen LogP contribution is -2.71. The van der Waals surface area contributed by atoms with Gasteiger partial charge in [0.05, 0.1) is 11.7 Å². The van der Waals surface area contributed by atoms with E-state index < -0.39 is 23.9 Å². The molecule has 2 saturated heterocycles. The Kier molecular flexibility index (Phi) is 4.83. The van der Waals surface area contributed by atoms with Crippen LogP contribution < -0.4 is 0 Å². The number of rotatable bonds is 3. The standard InChI is InChI=1S/C22H25F6N7O/c1-13-2-16(21(23,24)25)34(30-13)7-14-3-19(4-14)8-32(9-19)18(36)33-10-20(11-33)5-15(6-20)35-12-29-17(31-35)22(26,27)28/h2,12,14-15H,3-11H2,1H3. The van der Waals surface area contributed by atoms with Gasteiger partial charge in [0.25, 0.3) is 5.82 Å². The molecule has 0 aromatic carbocycles. The van der Waals surface area contributed by atoms with Gasteiger partial charge in [0.1, 0.15) is 12.0 Å². The van der Waals surface area contributed by atoms with Gasteiger partial charge in [-0.1, -0.05) is 0 Å². The Balaban J connectivity index is 0.945. The molecule has 2 aromatic rings. The smallest absolute Gasteiger partial charge is 0.323 e. The van der Waals surface area contributed by atoms with Crippen molar-refractivity contribution >= 4 is 6.03 Å². The molecule has 4 fully saturated rings. The molecule has 0 unspecified atom stereocenters.